The van der Waals surface area contributed by atoms with Gasteiger partial charge in [0.2, 0.25) is 0 Å². The Balaban J connectivity index is 1.83. The molecule has 2 aliphatic heterocycles. The summed E-state index contributed by atoms with van der Waals surface area (Å²) in [6.07, 6.45) is 4.64. The Labute approximate surface area is 110 Å². The number of hydrogen-bond donors (Lipinski definition) is 1. The van der Waals surface area contributed by atoms with Gasteiger partial charge in [0.25, 0.3) is 0 Å². The van der Waals surface area contributed by atoms with Gasteiger partial charge in [0.1, 0.15) is 9.84 Å². The van der Waals surface area contributed by atoms with E-state index >= 15 is 0 Å². The van der Waals surface area contributed by atoms with Gasteiger partial charge in [-0.25, -0.2) is 8.42 Å². The summed E-state index contributed by atoms with van der Waals surface area (Å²) in [6, 6.07) is 0.854. The summed E-state index contributed by atoms with van der Waals surface area (Å²) in [7, 11) is -2.75. The summed E-state index contributed by atoms with van der Waals surface area (Å²) in [4.78, 5) is 0. The molecule has 2 aliphatic rings. The molecule has 0 saturated carbocycles. The molecule has 0 bridgehead atoms. The lowest BCUT2D eigenvalue weighted by Crippen LogP contribution is -2.50. The molecule has 0 radical (unpaired) electrons. The molecule has 1 N–H and O–H groups in total. The molecule has 5 heteroatoms. The van der Waals surface area contributed by atoms with Crippen LogP contribution in [0.3, 0.4) is 0 Å². The third-order valence-corrected chi connectivity index (χ3v) is 6.08. The van der Waals surface area contributed by atoms with Crippen LogP contribution in [0.2, 0.25) is 0 Å². The molecule has 2 unspecified atom stereocenters. The molecule has 0 aromatic heterocycles. The average Bonchev–Trinajstić information content (AvgIpc) is 2.32. The van der Waals surface area contributed by atoms with E-state index in [0.717, 1.165) is 38.7 Å². The first-order valence-electron chi connectivity index (χ1n) is 7.03. The van der Waals surface area contributed by atoms with Gasteiger partial charge in [-0.15, -0.1) is 0 Å². The Morgan fingerprint density at radius 1 is 1.22 bits per heavy atom. The number of rotatable bonds is 3. The van der Waals surface area contributed by atoms with E-state index in [0.29, 0.717) is 23.6 Å². The maximum Gasteiger partial charge on any atom is 0.150 e. The van der Waals surface area contributed by atoms with Crippen LogP contribution in [-0.4, -0.2) is 44.2 Å². The van der Waals surface area contributed by atoms with E-state index in [1.165, 1.54) is 0 Å². The molecule has 18 heavy (non-hydrogen) atoms. The predicted octanol–water partition coefficient (Wildman–Crippen LogP) is 1.50. The van der Waals surface area contributed by atoms with Crippen LogP contribution in [0.25, 0.3) is 0 Å². The third-order valence-electron chi connectivity index (χ3n) is 4.37. The minimum atomic E-state index is -2.75. The zero-order valence-electron chi connectivity index (χ0n) is 11.4. The second-order valence-corrected chi connectivity index (χ2v) is 8.24. The quantitative estimate of drug-likeness (QED) is 0.848. The second-order valence-electron chi connectivity index (χ2n) is 5.93. The first-order valence-corrected chi connectivity index (χ1v) is 8.85. The third kappa shape index (κ3) is 3.68. The summed E-state index contributed by atoms with van der Waals surface area (Å²) in [6.45, 7) is 5.15. The van der Waals surface area contributed by atoms with Crippen molar-refractivity contribution in [2.24, 2.45) is 0 Å². The molecule has 2 atom stereocenters. The van der Waals surface area contributed by atoms with Crippen molar-refractivity contribution in [1.29, 1.82) is 0 Å². The van der Waals surface area contributed by atoms with Gasteiger partial charge >= 0.3 is 0 Å². The molecule has 4 nitrogen and oxygen atoms in total. The van der Waals surface area contributed by atoms with Gasteiger partial charge in [0, 0.05) is 18.7 Å². The number of nitrogens with one attached hydrogen (secondary N) is 1. The Kier molecular flexibility index (Phi) is 4.34. The van der Waals surface area contributed by atoms with E-state index in [-0.39, 0.29) is 5.60 Å². The molecular formula is C13H25NO3S. The Morgan fingerprint density at radius 3 is 2.50 bits per heavy atom. The lowest BCUT2D eigenvalue weighted by atomic mass is 9.89. The lowest BCUT2D eigenvalue weighted by molar-refractivity contribution is -0.0792. The summed E-state index contributed by atoms with van der Waals surface area (Å²) < 4.78 is 28.6. The molecule has 0 aliphatic carbocycles. The lowest BCUT2D eigenvalue weighted by Gasteiger charge is -2.40. The zero-order chi connectivity index (χ0) is 13.2. The van der Waals surface area contributed by atoms with Crippen LogP contribution in [0.4, 0.5) is 0 Å². The van der Waals surface area contributed by atoms with Crippen LogP contribution in [0.1, 0.15) is 46.0 Å². The van der Waals surface area contributed by atoms with Gasteiger partial charge in [-0.2, -0.15) is 0 Å². The van der Waals surface area contributed by atoms with Gasteiger partial charge < -0.3 is 10.1 Å². The fourth-order valence-corrected chi connectivity index (χ4v) is 4.40. The fourth-order valence-electron chi connectivity index (χ4n) is 2.91. The molecule has 2 fully saturated rings. The van der Waals surface area contributed by atoms with Crippen LogP contribution in [-0.2, 0) is 14.6 Å². The fraction of sp³-hybridized carbons (Fsp3) is 1.00. The van der Waals surface area contributed by atoms with Crippen molar-refractivity contribution in [3.05, 3.63) is 0 Å². The predicted molar refractivity (Wildman–Crippen MR) is 72.5 cm³/mol. The highest BCUT2D eigenvalue weighted by Crippen LogP contribution is 2.28. The number of ether oxygens (including phenoxy) is 1. The molecule has 106 valence electrons. The summed E-state index contributed by atoms with van der Waals surface area (Å²) >= 11 is 0. The van der Waals surface area contributed by atoms with E-state index in [9.17, 15) is 8.42 Å². The van der Waals surface area contributed by atoms with Crippen molar-refractivity contribution >= 4 is 9.84 Å². The monoisotopic (exact) mass is 275 g/mol. The van der Waals surface area contributed by atoms with Crippen LogP contribution in [0, 0.1) is 0 Å². The van der Waals surface area contributed by atoms with E-state index in [2.05, 4.69) is 19.2 Å². The highest BCUT2D eigenvalue weighted by Gasteiger charge is 2.33. The minimum Gasteiger partial charge on any atom is -0.375 e. The molecular weight excluding hydrogens is 250 g/mol. The highest BCUT2D eigenvalue weighted by molar-refractivity contribution is 7.91. The number of sulfone groups is 1. The van der Waals surface area contributed by atoms with E-state index in [4.69, 9.17) is 4.74 Å². The van der Waals surface area contributed by atoms with Gasteiger partial charge in [0.15, 0.2) is 0 Å². The van der Waals surface area contributed by atoms with Crippen LogP contribution in [0.15, 0.2) is 0 Å². The largest absolute Gasteiger partial charge is 0.375 e. The van der Waals surface area contributed by atoms with E-state index < -0.39 is 9.84 Å². The first kappa shape index (κ1) is 14.3. The Hall–Kier alpha value is -0.130. The first-order chi connectivity index (χ1) is 8.42. The van der Waals surface area contributed by atoms with Crippen LogP contribution >= 0.6 is 0 Å². The molecule has 0 spiro atoms. The van der Waals surface area contributed by atoms with Gasteiger partial charge in [-0.05, 0) is 39.0 Å². The molecule has 2 rings (SSSR count). The summed E-state index contributed by atoms with van der Waals surface area (Å²) in [5, 5.41) is 3.64. The normalized spacial score (nSPS) is 37.6. The molecule has 2 saturated heterocycles. The molecule has 0 amide bonds. The van der Waals surface area contributed by atoms with Crippen molar-refractivity contribution in [2.45, 2.75) is 63.6 Å². The van der Waals surface area contributed by atoms with Gasteiger partial charge in [-0.3, -0.25) is 0 Å². The summed E-state index contributed by atoms with van der Waals surface area (Å²) in [5.41, 5.74) is -0.00331. The molecule has 0 aromatic carbocycles. The Morgan fingerprint density at radius 2 is 1.89 bits per heavy atom. The van der Waals surface area contributed by atoms with Crippen LogP contribution < -0.4 is 5.32 Å². The van der Waals surface area contributed by atoms with Gasteiger partial charge in [0.05, 0.1) is 17.1 Å². The van der Waals surface area contributed by atoms with Crippen molar-refractivity contribution in [1.82, 2.24) is 5.32 Å². The number of hydrogen-bond acceptors (Lipinski definition) is 4. The Bertz CT molecular complexity index is 368. The molecule has 0 aromatic rings. The van der Waals surface area contributed by atoms with Crippen molar-refractivity contribution in [3.63, 3.8) is 0 Å². The topological polar surface area (TPSA) is 55.4 Å². The standard InChI is InChI=1S/C13H25NO3S/c1-3-13(2)10-12(4-7-17-13)14-11-5-8-18(15,16)9-6-11/h11-12,14H,3-10H2,1-2H3. The minimum absolute atomic E-state index is 0.00331. The van der Waals surface area contributed by atoms with Crippen molar-refractivity contribution in [2.75, 3.05) is 18.1 Å². The van der Waals surface area contributed by atoms with Gasteiger partial charge in [-0.1, -0.05) is 6.92 Å². The van der Waals surface area contributed by atoms with E-state index in [1.54, 1.807) is 0 Å². The maximum atomic E-state index is 11.4. The highest BCUT2D eigenvalue weighted by atomic mass is 32.2. The summed E-state index contributed by atoms with van der Waals surface area (Å²) in [5.74, 6) is 0.692. The second kappa shape index (κ2) is 5.47. The van der Waals surface area contributed by atoms with Crippen molar-refractivity contribution in [3.8, 4) is 0 Å². The van der Waals surface area contributed by atoms with Crippen LogP contribution in [0.5, 0.6) is 0 Å². The zero-order valence-corrected chi connectivity index (χ0v) is 12.3. The molecule has 2 heterocycles. The smallest absolute Gasteiger partial charge is 0.150 e. The SMILES string of the molecule is CCC1(C)CC(NC2CCS(=O)(=O)CC2)CCO1. The van der Waals surface area contributed by atoms with E-state index in [1.807, 2.05) is 0 Å². The van der Waals surface area contributed by atoms with Crippen molar-refractivity contribution < 1.29 is 13.2 Å². The maximum absolute atomic E-state index is 11.4. The average molecular weight is 275 g/mol.